The van der Waals surface area contributed by atoms with E-state index < -0.39 is 5.97 Å². The predicted octanol–water partition coefficient (Wildman–Crippen LogP) is 2.28. The number of aromatic nitrogens is 3. The van der Waals surface area contributed by atoms with Crippen LogP contribution in [0.25, 0.3) is 0 Å². The zero-order valence-electron chi connectivity index (χ0n) is 15.3. The number of ether oxygens (including phenoxy) is 2. The van der Waals surface area contributed by atoms with Crippen LogP contribution in [0, 0.1) is 6.92 Å². The number of carbonyl (C=O) groups is 2. The molecule has 0 aliphatic carbocycles. The molecular weight excluding hydrogens is 368 g/mol. The van der Waals surface area contributed by atoms with Crippen molar-refractivity contribution in [1.29, 1.82) is 0 Å². The Bertz CT molecular complexity index is 800. The molecule has 1 atom stereocenters. The number of nitrogens with zero attached hydrogens (tertiary/aromatic N) is 3. The second-order valence-electron chi connectivity index (χ2n) is 6.18. The fraction of sp³-hybridized carbons (Fsp3) is 0.444. The summed E-state index contributed by atoms with van der Waals surface area (Å²) >= 11 is 1.34. The molecule has 27 heavy (non-hydrogen) atoms. The van der Waals surface area contributed by atoms with Gasteiger partial charge in [0, 0.05) is 12.3 Å². The van der Waals surface area contributed by atoms with Crippen LogP contribution in [0.3, 0.4) is 0 Å². The molecule has 8 nitrogen and oxygen atoms in total. The lowest BCUT2D eigenvalue weighted by molar-refractivity contribution is -0.113. The summed E-state index contributed by atoms with van der Waals surface area (Å²) in [6.07, 6.45) is 2.29. The molecule has 1 saturated heterocycles. The largest absolute Gasteiger partial charge is 0.465 e. The van der Waals surface area contributed by atoms with E-state index in [0.29, 0.717) is 23.0 Å². The third-order valence-corrected chi connectivity index (χ3v) is 5.20. The minimum Gasteiger partial charge on any atom is -0.465 e. The number of anilines is 1. The van der Waals surface area contributed by atoms with Crippen molar-refractivity contribution in [1.82, 2.24) is 14.8 Å². The van der Waals surface area contributed by atoms with E-state index in [-0.39, 0.29) is 17.8 Å². The Hall–Kier alpha value is -2.39. The van der Waals surface area contributed by atoms with Crippen LogP contribution in [-0.4, -0.2) is 52.2 Å². The number of nitrogens with one attached hydrogen (secondary N) is 1. The lowest BCUT2D eigenvalue weighted by atomic mass is 10.2. The maximum absolute atomic E-state index is 12.2. The molecule has 0 radical (unpaired) electrons. The number of hydrogen-bond acceptors (Lipinski definition) is 7. The van der Waals surface area contributed by atoms with E-state index in [1.54, 1.807) is 24.3 Å². The maximum Gasteiger partial charge on any atom is 0.337 e. The van der Waals surface area contributed by atoms with Crippen LogP contribution in [0.2, 0.25) is 0 Å². The lowest BCUT2D eigenvalue weighted by Crippen LogP contribution is -2.18. The van der Waals surface area contributed by atoms with Gasteiger partial charge in [-0.2, -0.15) is 0 Å². The summed E-state index contributed by atoms with van der Waals surface area (Å²) in [7, 11) is 1.33. The number of benzene rings is 1. The van der Waals surface area contributed by atoms with Crippen LogP contribution in [0.1, 0.15) is 29.0 Å². The highest BCUT2D eigenvalue weighted by molar-refractivity contribution is 7.99. The number of thioether (sulfide) groups is 1. The second-order valence-corrected chi connectivity index (χ2v) is 7.12. The van der Waals surface area contributed by atoms with E-state index in [4.69, 9.17) is 4.74 Å². The molecule has 0 unspecified atom stereocenters. The van der Waals surface area contributed by atoms with Crippen LogP contribution < -0.4 is 5.32 Å². The van der Waals surface area contributed by atoms with Gasteiger partial charge in [0.25, 0.3) is 0 Å². The Morgan fingerprint density at radius 1 is 1.33 bits per heavy atom. The van der Waals surface area contributed by atoms with Gasteiger partial charge in [-0.15, -0.1) is 10.2 Å². The first-order chi connectivity index (χ1) is 13.1. The molecule has 9 heteroatoms. The highest BCUT2D eigenvalue weighted by atomic mass is 32.2. The lowest BCUT2D eigenvalue weighted by Gasteiger charge is -2.13. The minimum atomic E-state index is -0.413. The molecular formula is C18H22N4O4S. The first-order valence-electron chi connectivity index (χ1n) is 8.69. The summed E-state index contributed by atoms with van der Waals surface area (Å²) < 4.78 is 12.3. The van der Waals surface area contributed by atoms with Crippen molar-refractivity contribution >= 4 is 29.3 Å². The fourth-order valence-corrected chi connectivity index (χ4v) is 3.60. The van der Waals surface area contributed by atoms with Crippen molar-refractivity contribution < 1.29 is 19.1 Å². The monoisotopic (exact) mass is 390 g/mol. The van der Waals surface area contributed by atoms with Crippen LogP contribution in [0.15, 0.2) is 29.4 Å². The number of amides is 1. The van der Waals surface area contributed by atoms with Crippen molar-refractivity contribution in [3.8, 4) is 0 Å². The van der Waals surface area contributed by atoms with E-state index in [2.05, 4.69) is 20.3 Å². The minimum absolute atomic E-state index is 0.157. The molecule has 1 N–H and O–H groups in total. The van der Waals surface area contributed by atoms with E-state index >= 15 is 0 Å². The average Bonchev–Trinajstić information content (AvgIpc) is 3.31. The average molecular weight is 390 g/mol. The molecule has 2 aromatic rings. The van der Waals surface area contributed by atoms with Crippen molar-refractivity contribution in [2.75, 3.05) is 24.8 Å². The highest BCUT2D eigenvalue weighted by Gasteiger charge is 2.20. The van der Waals surface area contributed by atoms with Gasteiger partial charge in [0.2, 0.25) is 5.91 Å². The molecule has 1 aliphatic heterocycles. The smallest absolute Gasteiger partial charge is 0.337 e. The summed E-state index contributed by atoms with van der Waals surface area (Å²) in [5, 5.41) is 11.8. The zero-order valence-corrected chi connectivity index (χ0v) is 16.1. The summed E-state index contributed by atoms with van der Waals surface area (Å²) in [6.45, 7) is 3.40. The molecule has 144 valence electrons. The Morgan fingerprint density at radius 3 is 2.78 bits per heavy atom. The Balaban J connectivity index is 1.54. The highest BCUT2D eigenvalue weighted by Crippen LogP contribution is 2.21. The van der Waals surface area contributed by atoms with E-state index in [1.165, 1.54) is 18.9 Å². The topological polar surface area (TPSA) is 95.3 Å². The Morgan fingerprint density at radius 2 is 2.11 bits per heavy atom. The number of rotatable bonds is 7. The SMILES string of the molecule is COC(=O)c1ccc(NC(=O)CSc2nnc(C)n2C[C@H]2CCCO2)cc1. The van der Waals surface area contributed by atoms with Gasteiger partial charge in [-0.05, 0) is 44.0 Å². The Kier molecular flexibility index (Phi) is 6.46. The Labute approximate surface area is 161 Å². The summed E-state index contributed by atoms with van der Waals surface area (Å²) in [5.74, 6) is 0.453. The molecule has 3 rings (SSSR count). The standard InChI is InChI=1S/C18H22N4O4S/c1-12-20-21-18(22(12)10-15-4-3-9-26-15)27-11-16(23)19-14-7-5-13(6-8-14)17(24)25-2/h5-8,15H,3-4,9-11H2,1-2H3,(H,19,23)/t15-/m1/s1. The normalized spacial score (nSPS) is 16.3. The first kappa shape index (κ1) is 19.4. The van der Waals surface area contributed by atoms with Gasteiger partial charge in [0.05, 0.1) is 31.1 Å². The van der Waals surface area contributed by atoms with Gasteiger partial charge >= 0.3 is 5.97 Å². The van der Waals surface area contributed by atoms with Crippen molar-refractivity contribution in [2.45, 2.75) is 37.6 Å². The molecule has 1 fully saturated rings. The third-order valence-electron chi connectivity index (χ3n) is 4.23. The van der Waals surface area contributed by atoms with Gasteiger partial charge in [0.15, 0.2) is 5.16 Å². The second kappa shape index (κ2) is 9.01. The zero-order chi connectivity index (χ0) is 19.2. The number of aryl methyl sites for hydroxylation is 1. The molecule has 1 aromatic carbocycles. The van der Waals surface area contributed by atoms with E-state index in [9.17, 15) is 9.59 Å². The van der Waals surface area contributed by atoms with Gasteiger partial charge in [-0.1, -0.05) is 11.8 Å². The molecule has 1 amide bonds. The van der Waals surface area contributed by atoms with Gasteiger partial charge in [-0.25, -0.2) is 4.79 Å². The maximum atomic E-state index is 12.2. The quantitative estimate of drug-likeness (QED) is 0.572. The van der Waals surface area contributed by atoms with Crippen molar-refractivity contribution in [2.24, 2.45) is 0 Å². The van der Waals surface area contributed by atoms with Crippen LogP contribution in [0.4, 0.5) is 5.69 Å². The number of hydrogen-bond donors (Lipinski definition) is 1. The molecule has 0 bridgehead atoms. The van der Waals surface area contributed by atoms with Gasteiger partial charge in [-0.3, -0.25) is 4.79 Å². The number of esters is 1. The molecule has 2 heterocycles. The van der Waals surface area contributed by atoms with Crippen molar-refractivity contribution in [3.05, 3.63) is 35.7 Å². The first-order valence-corrected chi connectivity index (χ1v) is 9.68. The summed E-state index contributed by atoms with van der Waals surface area (Å²) in [5.41, 5.74) is 1.05. The van der Waals surface area contributed by atoms with Crippen LogP contribution >= 0.6 is 11.8 Å². The van der Waals surface area contributed by atoms with Gasteiger partial charge < -0.3 is 19.4 Å². The fourth-order valence-electron chi connectivity index (χ4n) is 2.81. The summed E-state index contributed by atoms with van der Waals surface area (Å²) in [6, 6.07) is 6.55. The molecule has 1 aliphatic rings. The predicted molar refractivity (Wildman–Crippen MR) is 101 cm³/mol. The van der Waals surface area contributed by atoms with E-state index in [0.717, 1.165) is 25.3 Å². The third kappa shape index (κ3) is 5.08. The summed E-state index contributed by atoms with van der Waals surface area (Å²) in [4.78, 5) is 23.6. The number of carbonyl (C=O) groups excluding carboxylic acids is 2. The van der Waals surface area contributed by atoms with Crippen LogP contribution in [0.5, 0.6) is 0 Å². The number of methoxy groups -OCH3 is 1. The molecule has 0 saturated carbocycles. The van der Waals surface area contributed by atoms with Gasteiger partial charge in [0.1, 0.15) is 5.82 Å². The molecule has 0 spiro atoms. The van der Waals surface area contributed by atoms with Crippen LogP contribution in [-0.2, 0) is 20.8 Å². The van der Waals surface area contributed by atoms with E-state index in [1.807, 2.05) is 11.5 Å². The molecule has 1 aromatic heterocycles. The van der Waals surface area contributed by atoms with Crippen molar-refractivity contribution in [3.63, 3.8) is 0 Å².